The van der Waals surface area contributed by atoms with Crippen LogP contribution in [0.1, 0.15) is 11.5 Å². The van der Waals surface area contributed by atoms with Crippen LogP contribution in [0.5, 0.6) is 0 Å². The third-order valence-electron chi connectivity index (χ3n) is 3.49. The van der Waals surface area contributed by atoms with Gasteiger partial charge in [0.25, 0.3) is 0 Å². The van der Waals surface area contributed by atoms with Gasteiger partial charge in [-0.25, -0.2) is 0 Å². The Morgan fingerprint density at radius 3 is 2.95 bits per heavy atom. The van der Waals surface area contributed by atoms with Gasteiger partial charge in [0.2, 0.25) is 5.91 Å². The second kappa shape index (κ2) is 4.72. The van der Waals surface area contributed by atoms with E-state index in [0.29, 0.717) is 6.54 Å². The quantitative estimate of drug-likeness (QED) is 0.893. The number of hydrogen-bond acceptors (Lipinski definition) is 3. The minimum absolute atomic E-state index is 0.0884. The van der Waals surface area contributed by atoms with Gasteiger partial charge in [0.1, 0.15) is 0 Å². The van der Waals surface area contributed by atoms with Crippen molar-refractivity contribution in [1.82, 2.24) is 4.98 Å². The van der Waals surface area contributed by atoms with Gasteiger partial charge >= 0.3 is 0 Å². The third-order valence-corrected chi connectivity index (χ3v) is 3.49. The van der Waals surface area contributed by atoms with Crippen molar-refractivity contribution in [2.75, 3.05) is 23.8 Å². The number of hydrogen-bond donors (Lipinski definition) is 1. The smallest absolute Gasteiger partial charge is 0.236 e. The third kappa shape index (κ3) is 2.05. The lowest BCUT2D eigenvalue weighted by Crippen LogP contribution is -2.32. The molecule has 1 unspecified atom stereocenters. The van der Waals surface area contributed by atoms with E-state index in [2.05, 4.69) is 10.3 Å². The summed E-state index contributed by atoms with van der Waals surface area (Å²) in [4.78, 5) is 18.3. The molecule has 2 heterocycles. The van der Waals surface area contributed by atoms with Crippen LogP contribution in [0.2, 0.25) is 0 Å². The number of nitrogens with zero attached hydrogens (tertiary/aromatic N) is 2. The Morgan fingerprint density at radius 1 is 1.32 bits per heavy atom. The van der Waals surface area contributed by atoms with Gasteiger partial charge < -0.3 is 10.2 Å². The molecule has 0 aliphatic carbocycles. The summed E-state index contributed by atoms with van der Waals surface area (Å²) in [5, 5.41) is 3.27. The Labute approximate surface area is 112 Å². The average molecular weight is 253 g/mol. The van der Waals surface area contributed by atoms with E-state index in [1.54, 1.807) is 24.3 Å². The number of amides is 1. The molecule has 4 heteroatoms. The Bertz CT molecular complexity index is 597. The van der Waals surface area contributed by atoms with Gasteiger partial charge in [0.15, 0.2) is 0 Å². The first kappa shape index (κ1) is 11.7. The SMILES string of the molecule is CN(C(=O)C1CNc2ccccc21)c1cccnc1. The number of para-hydroxylation sites is 1. The fraction of sp³-hybridized carbons (Fsp3) is 0.200. The standard InChI is InChI=1S/C15H15N3O/c1-18(11-5-4-8-16-9-11)15(19)13-10-17-14-7-3-2-6-12(13)14/h2-9,13,17H,10H2,1H3. The maximum absolute atomic E-state index is 12.6. The van der Waals surface area contributed by atoms with Crippen LogP contribution >= 0.6 is 0 Å². The number of fused-ring (bicyclic) bond motifs is 1. The number of rotatable bonds is 2. The normalized spacial score (nSPS) is 16.6. The van der Waals surface area contributed by atoms with Crippen molar-refractivity contribution in [2.45, 2.75) is 5.92 Å². The lowest BCUT2D eigenvalue weighted by atomic mass is 10.00. The molecule has 1 amide bonds. The summed E-state index contributed by atoms with van der Waals surface area (Å²) in [6.45, 7) is 0.656. The summed E-state index contributed by atoms with van der Waals surface area (Å²) in [6.07, 6.45) is 3.40. The highest BCUT2D eigenvalue weighted by molar-refractivity contribution is 5.99. The van der Waals surface area contributed by atoms with Crippen LogP contribution in [0.25, 0.3) is 0 Å². The van der Waals surface area contributed by atoms with E-state index < -0.39 is 0 Å². The number of carbonyl (C=O) groups excluding carboxylic acids is 1. The number of likely N-dealkylation sites (N-methyl/N-ethyl adjacent to an activating group) is 1. The molecule has 1 aliphatic heterocycles. The number of pyridine rings is 1. The first-order valence-corrected chi connectivity index (χ1v) is 6.28. The van der Waals surface area contributed by atoms with E-state index in [0.717, 1.165) is 16.9 Å². The van der Waals surface area contributed by atoms with Crippen LogP contribution in [0.4, 0.5) is 11.4 Å². The van der Waals surface area contributed by atoms with Gasteiger partial charge in [-0.3, -0.25) is 9.78 Å². The molecule has 0 radical (unpaired) electrons. The minimum atomic E-state index is -0.124. The molecular weight excluding hydrogens is 238 g/mol. The maximum Gasteiger partial charge on any atom is 0.236 e. The van der Waals surface area contributed by atoms with Crippen LogP contribution in [-0.2, 0) is 4.79 Å². The predicted octanol–water partition coefficient (Wildman–Crippen LogP) is 2.25. The molecule has 0 bridgehead atoms. The van der Waals surface area contributed by atoms with Crippen molar-refractivity contribution < 1.29 is 4.79 Å². The highest BCUT2D eigenvalue weighted by atomic mass is 16.2. The number of benzene rings is 1. The maximum atomic E-state index is 12.6. The molecule has 2 aromatic rings. The lowest BCUT2D eigenvalue weighted by Gasteiger charge is -2.20. The van der Waals surface area contributed by atoms with Gasteiger partial charge in [-0.2, -0.15) is 0 Å². The molecule has 0 spiro atoms. The van der Waals surface area contributed by atoms with Crippen molar-refractivity contribution in [3.63, 3.8) is 0 Å². The monoisotopic (exact) mass is 253 g/mol. The summed E-state index contributed by atoms with van der Waals surface area (Å²) in [5.41, 5.74) is 2.94. The van der Waals surface area contributed by atoms with E-state index in [1.165, 1.54) is 0 Å². The fourth-order valence-electron chi connectivity index (χ4n) is 2.42. The summed E-state index contributed by atoms with van der Waals surface area (Å²) in [5.74, 6) is -0.0353. The predicted molar refractivity (Wildman–Crippen MR) is 75.3 cm³/mol. The lowest BCUT2D eigenvalue weighted by molar-refractivity contribution is -0.119. The van der Waals surface area contributed by atoms with Crippen molar-refractivity contribution in [3.8, 4) is 0 Å². The summed E-state index contributed by atoms with van der Waals surface area (Å²) >= 11 is 0. The van der Waals surface area contributed by atoms with Gasteiger partial charge in [-0.1, -0.05) is 18.2 Å². The molecule has 1 atom stereocenters. The molecule has 19 heavy (non-hydrogen) atoms. The molecule has 1 N–H and O–H groups in total. The van der Waals surface area contributed by atoms with Gasteiger partial charge in [0.05, 0.1) is 17.8 Å². The largest absolute Gasteiger partial charge is 0.384 e. The molecule has 0 saturated heterocycles. The number of carbonyl (C=O) groups is 1. The first-order chi connectivity index (χ1) is 9.27. The minimum Gasteiger partial charge on any atom is -0.384 e. The molecule has 3 rings (SSSR count). The van der Waals surface area contributed by atoms with Crippen molar-refractivity contribution >= 4 is 17.3 Å². The zero-order valence-electron chi connectivity index (χ0n) is 10.7. The van der Waals surface area contributed by atoms with Crippen LogP contribution in [0, 0.1) is 0 Å². The van der Waals surface area contributed by atoms with E-state index in [-0.39, 0.29) is 11.8 Å². The number of anilines is 2. The zero-order chi connectivity index (χ0) is 13.2. The van der Waals surface area contributed by atoms with Crippen molar-refractivity contribution in [1.29, 1.82) is 0 Å². The number of nitrogens with one attached hydrogen (secondary N) is 1. The van der Waals surface area contributed by atoms with Crippen LogP contribution in [-0.4, -0.2) is 24.5 Å². The summed E-state index contributed by atoms with van der Waals surface area (Å²) < 4.78 is 0. The molecule has 96 valence electrons. The van der Waals surface area contributed by atoms with Crippen LogP contribution in [0.15, 0.2) is 48.8 Å². The Hall–Kier alpha value is -2.36. The second-order valence-corrected chi connectivity index (χ2v) is 4.63. The highest BCUT2D eigenvalue weighted by Crippen LogP contribution is 2.32. The molecule has 1 aliphatic rings. The molecule has 1 aromatic heterocycles. The summed E-state index contributed by atoms with van der Waals surface area (Å²) in [6, 6.07) is 11.7. The van der Waals surface area contributed by atoms with Crippen molar-refractivity contribution in [2.24, 2.45) is 0 Å². The van der Waals surface area contributed by atoms with Crippen molar-refractivity contribution in [3.05, 3.63) is 54.4 Å². The zero-order valence-corrected chi connectivity index (χ0v) is 10.7. The van der Waals surface area contributed by atoms with Gasteiger partial charge in [-0.15, -0.1) is 0 Å². The molecule has 0 fully saturated rings. The molecule has 0 saturated carbocycles. The Balaban J connectivity index is 1.86. The highest BCUT2D eigenvalue weighted by Gasteiger charge is 2.30. The van der Waals surface area contributed by atoms with E-state index in [9.17, 15) is 4.79 Å². The topological polar surface area (TPSA) is 45.2 Å². The van der Waals surface area contributed by atoms with Gasteiger partial charge in [-0.05, 0) is 23.8 Å². The molecular formula is C15H15N3O. The van der Waals surface area contributed by atoms with Crippen LogP contribution in [0.3, 0.4) is 0 Å². The fourth-order valence-corrected chi connectivity index (χ4v) is 2.42. The van der Waals surface area contributed by atoms with E-state index in [4.69, 9.17) is 0 Å². The molecule has 4 nitrogen and oxygen atoms in total. The average Bonchev–Trinajstić information content (AvgIpc) is 2.90. The first-order valence-electron chi connectivity index (χ1n) is 6.28. The second-order valence-electron chi connectivity index (χ2n) is 4.63. The van der Waals surface area contributed by atoms with E-state index in [1.807, 2.05) is 36.4 Å². The van der Waals surface area contributed by atoms with Crippen LogP contribution < -0.4 is 10.2 Å². The number of aromatic nitrogens is 1. The molecule has 1 aromatic carbocycles. The van der Waals surface area contributed by atoms with E-state index >= 15 is 0 Å². The van der Waals surface area contributed by atoms with Gasteiger partial charge in [0, 0.05) is 25.5 Å². The Kier molecular flexibility index (Phi) is 2.91. The summed E-state index contributed by atoms with van der Waals surface area (Å²) in [7, 11) is 1.79. The Morgan fingerprint density at radius 2 is 2.16 bits per heavy atom.